The summed E-state index contributed by atoms with van der Waals surface area (Å²) in [6.45, 7) is 2.32. The van der Waals surface area contributed by atoms with Crippen LogP contribution in [0.15, 0.2) is 24.3 Å². The number of piperidine rings is 1. The zero-order valence-electron chi connectivity index (χ0n) is 14.3. The van der Waals surface area contributed by atoms with Gasteiger partial charge in [0.2, 0.25) is 11.8 Å². The summed E-state index contributed by atoms with van der Waals surface area (Å²) in [4.78, 5) is 29.3. The Hall–Kier alpha value is -1.95. The summed E-state index contributed by atoms with van der Waals surface area (Å²) in [5.41, 5.74) is 5.85. The third-order valence-electron chi connectivity index (χ3n) is 5.97. The topological polar surface area (TPSA) is 66.6 Å². The van der Waals surface area contributed by atoms with Crippen LogP contribution in [0.4, 0.5) is 4.39 Å². The van der Waals surface area contributed by atoms with Gasteiger partial charge in [0.05, 0.1) is 11.0 Å². The summed E-state index contributed by atoms with van der Waals surface area (Å²) in [6, 6.07) is 6.29. The zero-order valence-corrected chi connectivity index (χ0v) is 14.3. The molecule has 0 unspecified atom stereocenters. The molecule has 1 aromatic rings. The monoisotopic (exact) mass is 345 g/mol. The van der Waals surface area contributed by atoms with Crippen LogP contribution in [0.3, 0.4) is 0 Å². The lowest BCUT2D eigenvalue weighted by atomic mass is 9.78. The highest BCUT2D eigenvalue weighted by molar-refractivity contribution is 5.91. The highest BCUT2D eigenvalue weighted by atomic mass is 19.1. The van der Waals surface area contributed by atoms with Gasteiger partial charge in [-0.25, -0.2) is 4.39 Å². The van der Waals surface area contributed by atoms with E-state index in [0.717, 1.165) is 31.2 Å². The molecule has 0 radical (unpaired) electrons. The van der Waals surface area contributed by atoms with Gasteiger partial charge in [0.25, 0.3) is 0 Å². The van der Waals surface area contributed by atoms with Crippen molar-refractivity contribution in [2.75, 3.05) is 19.6 Å². The van der Waals surface area contributed by atoms with Crippen molar-refractivity contribution < 1.29 is 14.0 Å². The minimum Gasteiger partial charge on any atom is -0.340 e. The number of hydrogen-bond acceptors (Lipinski definition) is 3. The molecule has 5 nitrogen and oxygen atoms in total. The summed E-state index contributed by atoms with van der Waals surface area (Å²) in [5, 5.41) is 0. The second-order valence-electron chi connectivity index (χ2n) is 7.87. The molecule has 1 aliphatic carbocycles. The van der Waals surface area contributed by atoms with Crippen LogP contribution in [-0.4, -0.2) is 46.8 Å². The van der Waals surface area contributed by atoms with Crippen molar-refractivity contribution in [2.24, 2.45) is 11.1 Å². The number of likely N-dealkylation sites (tertiary alicyclic amines) is 2. The fourth-order valence-electron chi connectivity index (χ4n) is 4.20. The SMILES string of the molecule is NC1(C(=O)N2CC[C@@]3(CCCN(Cc4ccc(F)cc4)C3=O)C2)CC1. The first-order valence-corrected chi connectivity index (χ1v) is 9.04. The van der Waals surface area contributed by atoms with Gasteiger partial charge >= 0.3 is 0 Å². The Morgan fingerprint density at radius 1 is 1.12 bits per heavy atom. The second-order valence-corrected chi connectivity index (χ2v) is 7.87. The van der Waals surface area contributed by atoms with Crippen LogP contribution in [0.2, 0.25) is 0 Å². The Labute approximate surface area is 147 Å². The van der Waals surface area contributed by atoms with E-state index in [1.807, 2.05) is 4.90 Å². The summed E-state index contributed by atoms with van der Waals surface area (Å²) in [7, 11) is 0. The minimum absolute atomic E-state index is 0.00725. The van der Waals surface area contributed by atoms with Crippen LogP contribution in [0.5, 0.6) is 0 Å². The van der Waals surface area contributed by atoms with E-state index in [2.05, 4.69) is 0 Å². The number of benzene rings is 1. The van der Waals surface area contributed by atoms with Gasteiger partial charge in [-0.2, -0.15) is 0 Å². The van der Waals surface area contributed by atoms with Crippen molar-refractivity contribution in [2.45, 2.75) is 44.2 Å². The first kappa shape index (κ1) is 16.5. The van der Waals surface area contributed by atoms with Gasteiger partial charge in [-0.1, -0.05) is 12.1 Å². The standard InChI is InChI=1S/C19H24FN3O2/c20-15-4-2-14(3-5-15)12-22-10-1-6-18(16(22)24)9-11-23(13-18)17(25)19(21)7-8-19/h2-5H,1,6-13,21H2/t18-/m0/s1. The summed E-state index contributed by atoms with van der Waals surface area (Å²) >= 11 is 0. The number of carbonyl (C=O) groups is 2. The highest BCUT2D eigenvalue weighted by Gasteiger charge is 2.54. The zero-order chi connectivity index (χ0) is 17.7. The number of nitrogens with two attached hydrogens (primary N) is 1. The van der Waals surface area contributed by atoms with E-state index in [0.29, 0.717) is 32.6 Å². The maximum Gasteiger partial charge on any atom is 0.242 e. The quantitative estimate of drug-likeness (QED) is 0.906. The largest absolute Gasteiger partial charge is 0.340 e. The molecule has 1 saturated carbocycles. The summed E-state index contributed by atoms with van der Waals surface area (Å²) in [5.74, 6) is -0.140. The number of amides is 2. The molecule has 2 heterocycles. The van der Waals surface area contributed by atoms with Gasteiger partial charge in [-0.3, -0.25) is 9.59 Å². The van der Waals surface area contributed by atoms with Gasteiger partial charge < -0.3 is 15.5 Å². The lowest BCUT2D eigenvalue weighted by molar-refractivity contribution is -0.147. The van der Waals surface area contributed by atoms with Gasteiger partial charge in [0.1, 0.15) is 5.82 Å². The molecule has 3 fully saturated rings. The number of carbonyl (C=O) groups excluding carboxylic acids is 2. The molecular weight excluding hydrogens is 321 g/mol. The van der Waals surface area contributed by atoms with Gasteiger partial charge in [0, 0.05) is 26.2 Å². The van der Waals surface area contributed by atoms with Crippen molar-refractivity contribution >= 4 is 11.8 Å². The molecule has 1 aromatic carbocycles. The lowest BCUT2D eigenvalue weighted by Crippen LogP contribution is -2.51. The Balaban J connectivity index is 1.46. The van der Waals surface area contributed by atoms with Crippen LogP contribution in [-0.2, 0) is 16.1 Å². The predicted molar refractivity (Wildman–Crippen MR) is 90.8 cm³/mol. The lowest BCUT2D eigenvalue weighted by Gasteiger charge is -2.39. The Kier molecular flexibility index (Phi) is 3.83. The molecule has 2 saturated heterocycles. The van der Waals surface area contributed by atoms with Crippen molar-refractivity contribution in [1.82, 2.24) is 9.80 Å². The Morgan fingerprint density at radius 2 is 1.84 bits per heavy atom. The van der Waals surface area contributed by atoms with Gasteiger partial charge in [-0.05, 0) is 49.8 Å². The van der Waals surface area contributed by atoms with Gasteiger partial charge in [-0.15, -0.1) is 0 Å². The maximum atomic E-state index is 13.1. The number of nitrogens with zero attached hydrogens (tertiary/aromatic N) is 2. The molecule has 2 aliphatic heterocycles. The van der Waals surface area contributed by atoms with E-state index in [-0.39, 0.29) is 17.6 Å². The normalized spacial score (nSPS) is 27.8. The molecular formula is C19H24FN3O2. The second kappa shape index (κ2) is 5.80. The molecule has 2 amide bonds. The van der Waals surface area contributed by atoms with Gasteiger partial charge in [0.15, 0.2) is 0 Å². The third-order valence-corrected chi connectivity index (χ3v) is 5.97. The first-order valence-electron chi connectivity index (χ1n) is 9.04. The maximum absolute atomic E-state index is 13.1. The average Bonchev–Trinajstić information content (AvgIpc) is 3.21. The van der Waals surface area contributed by atoms with Crippen LogP contribution in [0, 0.1) is 11.2 Å². The fraction of sp³-hybridized carbons (Fsp3) is 0.579. The van der Waals surface area contributed by atoms with Crippen LogP contribution in [0.1, 0.15) is 37.7 Å². The van der Waals surface area contributed by atoms with Crippen molar-refractivity contribution in [3.8, 4) is 0 Å². The van der Waals surface area contributed by atoms with Crippen LogP contribution in [0.25, 0.3) is 0 Å². The summed E-state index contributed by atoms with van der Waals surface area (Å²) < 4.78 is 13.1. The number of rotatable bonds is 3. The molecule has 4 rings (SSSR count). The Morgan fingerprint density at radius 3 is 2.52 bits per heavy atom. The van der Waals surface area contributed by atoms with Crippen molar-refractivity contribution in [3.63, 3.8) is 0 Å². The number of hydrogen-bond donors (Lipinski definition) is 1. The van der Waals surface area contributed by atoms with E-state index >= 15 is 0 Å². The van der Waals surface area contributed by atoms with E-state index in [1.54, 1.807) is 17.0 Å². The highest BCUT2D eigenvalue weighted by Crippen LogP contribution is 2.43. The smallest absolute Gasteiger partial charge is 0.242 e. The minimum atomic E-state index is -0.670. The van der Waals surface area contributed by atoms with Crippen molar-refractivity contribution in [3.05, 3.63) is 35.6 Å². The molecule has 6 heteroatoms. The van der Waals surface area contributed by atoms with E-state index < -0.39 is 11.0 Å². The molecule has 1 atom stereocenters. The van der Waals surface area contributed by atoms with Crippen molar-refractivity contribution in [1.29, 1.82) is 0 Å². The molecule has 3 aliphatic rings. The van der Waals surface area contributed by atoms with E-state index in [1.165, 1.54) is 12.1 Å². The third kappa shape index (κ3) is 2.92. The Bertz CT molecular complexity index is 701. The molecule has 2 N–H and O–H groups in total. The summed E-state index contributed by atoms with van der Waals surface area (Å²) in [6.07, 6.45) is 3.98. The van der Waals surface area contributed by atoms with Crippen LogP contribution >= 0.6 is 0 Å². The first-order chi connectivity index (χ1) is 11.9. The number of halogens is 1. The molecule has 1 spiro atoms. The van der Waals surface area contributed by atoms with Crippen LogP contribution < -0.4 is 5.73 Å². The molecule has 0 aromatic heterocycles. The van der Waals surface area contributed by atoms with E-state index in [9.17, 15) is 14.0 Å². The molecule has 134 valence electrons. The average molecular weight is 345 g/mol. The molecule has 25 heavy (non-hydrogen) atoms. The van der Waals surface area contributed by atoms with E-state index in [4.69, 9.17) is 5.73 Å². The fourth-order valence-corrected chi connectivity index (χ4v) is 4.20. The predicted octanol–water partition coefficient (Wildman–Crippen LogP) is 1.66. The molecule has 0 bridgehead atoms.